The second kappa shape index (κ2) is 4.98. The van der Waals surface area contributed by atoms with Crippen molar-refractivity contribution in [1.82, 2.24) is 24.0 Å². The summed E-state index contributed by atoms with van der Waals surface area (Å²) in [5.41, 5.74) is 2.89. The first kappa shape index (κ1) is 13.1. The molecule has 0 spiro atoms. The second-order valence-electron chi connectivity index (χ2n) is 5.42. The maximum Gasteiger partial charge on any atom is 0.306 e. The van der Waals surface area contributed by atoms with E-state index in [1.165, 1.54) is 0 Å². The minimum absolute atomic E-state index is 0.419. The molecule has 6 nitrogen and oxygen atoms in total. The third-order valence-corrected chi connectivity index (χ3v) is 4.22. The summed E-state index contributed by atoms with van der Waals surface area (Å²) in [6.07, 6.45) is 9.54. The Morgan fingerprint density at radius 1 is 1.14 bits per heavy atom. The molecule has 4 heterocycles. The van der Waals surface area contributed by atoms with Gasteiger partial charge in [0.15, 0.2) is 5.65 Å². The second-order valence-corrected chi connectivity index (χ2v) is 5.42. The highest BCUT2D eigenvalue weighted by Gasteiger charge is 2.16. The molecule has 0 saturated carbocycles. The molecule has 112 valence electrons. The van der Waals surface area contributed by atoms with Crippen LogP contribution in [0, 0.1) is 0 Å². The van der Waals surface area contributed by atoms with Crippen molar-refractivity contribution in [3.63, 3.8) is 0 Å². The minimum atomic E-state index is 0.419. The Morgan fingerprint density at radius 3 is 2.82 bits per heavy atom. The molecule has 0 amide bonds. The van der Waals surface area contributed by atoms with Crippen LogP contribution in [0.5, 0.6) is 0 Å². The molecule has 0 atom stereocenters. The zero-order chi connectivity index (χ0) is 15.1. The number of pyridine rings is 1. The first-order valence-electron chi connectivity index (χ1n) is 7.57. The summed E-state index contributed by atoms with van der Waals surface area (Å²) < 4.78 is 9.49. The Labute approximate surface area is 127 Å². The molecule has 4 rings (SSSR count). The Kier molecular flexibility index (Phi) is 2.96. The molecule has 0 saturated heterocycles. The van der Waals surface area contributed by atoms with Gasteiger partial charge in [-0.3, -0.25) is 8.80 Å². The van der Waals surface area contributed by atoms with Crippen molar-refractivity contribution in [2.75, 3.05) is 0 Å². The van der Waals surface area contributed by atoms with E-state index < -0.39 is 0 Å². The van der Waals surface area contributed by atoms with Gasteiger partial charge in [0, 0.05) is 30.1 Å². The third kappa shape index (κ3) is 1.83. The maximum absolute atomic E-state index is 5.47. The number of hydrogen-bond donors (Lipinski definition) is 0. The van der Waals surface area contributed by atoms with Gasteiger partial charge < -0.3 is 4.42 Å². The van der Waals surface area contributed by atoms with E-state index in [1.807, 2.05) is 22.7 Å². The molecule has 4 aromatic rings. The van der Waals surface area contributed by atoms with Crippen LogP contribution >= 0.6 is 0 Å². The average molecular weight is 295 g/mol. The third-order valence-electron chi connectivity index (χ3n) is 4.22. The van der Waals surface area contributed by atoms with Crippen LogP contribution in [0.2, 0.25) is 0 Å². The number of aromatic nitrogens is 5. The number of oxazole rings is 1. The lowest BCUT2D eigenvalue weighted by Crippen LogP contribution is -2.02. The predicted octanol–water partition coefficient (Wildman–Crippen LogP) is 3.54. The summed E-state index contributed by atoms with van der Waals surface area (Å²) in [6, 6.07) is 4.02. The zero-order valence-electron chi connectivity index (χ0n) is 12.6. The van der Waals surface area contributed by atoms with Crippen LogP contribution in [0.4, 0.5) is 0 Å². The normalized spacial score (nSPS) is 12.0. The van der Waals surface area contributed by atoms with Gasteiger partial charge in [0.25, 0.3) is 0 Å². The fourth-order valence-electron chi connectivity index (χ4n) is 2.92. The summed E-state index contributed by atoms with van der Waals surface area (Å²) in [5.74, 6) is 2.04. The minimum Gasteiger partial charge on any atom is -0.431 e. The largest absolute Gasteiger partial charge is 0.431 e. The molecule has 0 unspecified atom stereocenters. The van der Waals surface area contributed by atoms with Gasteiger partial charge in [0.2, 0.25) is 0 Å². The van der Waals surface area contributed by atoms with Crippen LogP contribution in [0.3, 0.4) is 0 Å². The van der Waals surface area contributed by atoms with Crippen molar-refractivity contribution < 1.29 is 4.42 Å². The van der Waals surface area contributed by atoms with E-state index in [-0.39, 0.29) is 0 Å². The fourth-order valence-corrected chi connectivity index (χ4v) is 2.92. The van der Waals surface area contributed by atoms with Crippen molar-refractivity contribution in [2.24, 2.45) is 0 Å². The van der Waals surface area contributed by atoms with E-state index in [0.717, 1.165) is 35.6 Å². The highest BCUT2D eigenvalue weighted by Crippen LogP contribution is 2.26. The maximum atomic E-state index is 5.47. The van der Waals surface area contributed by atoms with Crippen LogP contribution in [-0.2, 0) is 0 Å². The van der Waals surface area contributed by atoms with E-state index in [9.17, 15) is 0 Å². The number of imidazole rings is 1. The summed E-state index contributed by atoms with van der Waals surface area (Å²) in [5, 5.41) is 8.66. The highest BCUT2D eigenvalue weighted by molar-refractivity contribution is 5.62. The monoisotopic (exact) mass is 295 g/mol. The molecule has 0 radical (unpaired) electrons. The van der Waals surface area contributed by atoms with Crippen molar-refractivity contribution in [2.45, 2.75) is 32.6 Å². The molecule has 4 aromatic heterocycles. The van der Waals surface area contributed by atoms with E-state index in [4.69, 9.17) is 4.42 Å². The summed E-state index contributed by atoms with van der Waals surface area (Å²) in [4.78, 5) is 4.15. The quantitative estimate of drug-likeness (QED) is 0.577. The van der Waals surface area contributed by atoms with Gasteiger partial charge in [0.05, 0.1) is 5.69 Å². The van der Waals surface area contributed by atoms with Gasteiger partial charge >= 0.3 is 5.84 Å². The molecular weight excluding hydrogens is 278 g/mol. The van der Waals surface area contributed by atoms with Gasteiger partial charge in [-0.15, -0.1) is 10.2 Å². The van der Waals surface area contributed by atoms with E-state index >= 15 is 0 Å². The van der Waals surface area contributed by atoms with E-state index in [1.54, 1.807) is 12.5 Å². The van der Waals surface area contributed by atoms with Crippen LogP contribution in [0.25, 0.3) is 22.7 Å². The van der Waals surface area contributed by atoms with Crippen molar-refractivity contribution in [3.8, 4) is 11.3 Å². The molecule has 0 bridgehead atoms. The lowest BCUT2D eigenvalue weighted by atomic mass is 10.0. The molecule has 6 heteroatoms. The Hall–Kier alpha value is -2.63. The topological polar surface area (TPSA) is 60.6 Å². The van der Waals surface area contributed by atoms with Crippen molar-refractivity contribution in [3.05, 3.63) is 42.8 Å². The fraction of sp³-hybridized carbons (Fsp3) is 0.312. The molecule has 0 aliphatic carbocycles. The highest BCUT2D eigenvalue weighted by atomic mass is 16.3. The predicted molar refractivity (Wildman–Crippen MR) is 82.8 cm³/mol. The number of nitrogens with zero attached hydrogens (tertiary/aromatic N) is 5. The van der Waals surface area contributed by atoms with Crippen LogP contribution in [0.15, 0.2) is 41.4 Å². The van der Waals surface area contributed by atoms with Gasteiger partial charge in [-0.1, -0.05) is 13.8 Å². The Balaban J connectivity index is 1.89. The van der Waals surface area contributed by atoms with Gasteiger partial charge in [-0.2, -0.15) is 0 Å². The van der Waals surface area contributed by atoms with Crippen LogP contribution < -0.4 is 0 Å². The van der Waals surface area contributed by atoms with Crippen LogP contribution in [0.1, 0.15) is 38.4 Å². The molecule has 0 fully saturated rings. The smallest absolute Gasteiger partial charge is 0.306 e. The Morgan fingerprint density at radius 2 is 2.00 bits per heavy atom. The van der Waals surface area contributed by atoms with Crippen LogP contribution in [-0.4, -0.2) is 24.0 Å². The molecule has 22 heavy (non-hydrogen) atoms. The van der Waals surface area contributed by atoms with Gasteiger partial charge in [-0.25, -0.2) is 4.98 Å². The zero-order valence-corrected chi connectivity index (χ0v) is 12.6. The molecule has 0 aromatic carbocycles. The summed E-state index contributed by atoms with van der Waals surface area (Å²) in [7, 11) is 0. The van der Waals surface area contributed by atoms with Gasteiger partial charge in [-0.05, 0) is 25.0 Å². The SMILES string of the molecule is CCC(CC)c1nnc2ccc(-c3coc4nccn34)cn12. The molecular formula is C16H17N5O. The van der Waals surface area contributed by atoms with Crippen molar-refractivity contribution >= 4 is 11.5 Å². The summed E-state index contributed by atoms with van der Waals surface area (Å²) >= 11 is 0. The van der Waals surface area contributed by atoms with Crippen molar-refractivity contribution in [1.29, 1.82) is 0 Å². The standard InChI is InChI=1S/C16H17N5O/c1-3-11(4-2)15-19-18-14-6-5-12(9-21(14)15)13-10-22-16-17-7-8-20(13)16/h5-11H,3-4H2,1-2H3. The average Bonchev–Trinajstić information content (AvgIpc) is 3.23. The molecule has 0 N–H and O–H groups in total. The summed E-state index contributed by atoms with van der Waals surface area (Å²) in [6.45, 7) is 4.37. The number of hydrogen-bond acceptors (Lipinski definition) is 4. The van der Waals surface area contributed by atoms with E-state index in [0.29, 0.717) is 11.8 Å². The first-order valence-corrected chi connectivity index (χ1v) is 7.57. The van der Waals surface area contributed by atoms with E-state index in [2.05, 4.69) is 39.6 Å². The lowest BCUT2D eigenvalue weighted by molar-refractivity contribution is 0.595. The lowest BCUT2D eigenvalue weighted by Gasteiger charge is -2.10. The number of rotatable bonds is 4. The number of fused-ring (bicyclic) bond motifs is 2. The molecule has 0 aliphatic rings. The van der Waals surface area contributed by atoms with Gasteiger partial charge in [0.1, 0.15) is 12.1 Å². The molecule has 0 aliphatic heterocycles. The first-order chi connectivity index (χ1) is 10.8. The Bertz CT molecular complexity index is 928.